The molecule has 0 aliphatic heterocycles. The van der Waals surface area contributed by atoms with Gasteiger partial charge in [0.25, 0.3) is 5.91 Å². The van der Waals surface area contributed by atoms with Gasteiger partial charge in [-0.05, 0) is 66.6 Å². The molecule has 0 unspecified atom stereocenters. The van der Waals surface area contributed by atoms with Crippen molar-refractivity contribution in [1.82, 2.24) is 0 Å². The van der Waals surface area contributed by atoms with E-state index in [1.165, 1.54) is 30.3 Å². The molecule has 6 nitrogen and oxygen atoms in total. The van der Waals surface area contributed by atoms with Crippen molar-refractivity contribution in [3.63, 3.8) is 0 Å². The first kappa shape index (κ1) is 27.0. The Morgan fingerprint density at radius 3 is 2.26 bits per heavy atom. The van der Waals surface area contributed by atoms with E-state index in [1.807, 2.05) is 67.6 Å². The smallest absolute Gasteiger partial charge is 0.266 e. The third-order valence-corrected chi connectivity index (χ3v) is 5.63. The molecule has 0 aliphatic carbocycles. The maximum atomic E-state index is 13.2. The van der Waals surface area contributed by atoms with Crippen LogP contribution in [0.4, 0.5) is 10.1 Å². The summed E-state index contributed by atoms with van der Waals surface area (Å²) in [5.74, 6) is 0.733. The predicted molar refractivity (Wildman–Crippen MR) is 148 cm³/mol. The van der Waals surface area contributed by atoms with Gasteiger partial charge in [-0.2, -0.15) is 5.26 Å². The van der Waals surface area contributed by atoms with Gasteiger partial charge in [0, 0.05) is 11.3 Å². The minimum absolute atomic E-state index is 0.117. The SMILES string of the molecule is CCOc1cc(COc2ccccc2/C=C(\C#N)C(=O)Nc2ccc(F)cc2)ccc1OCc1ccccc1. The van der Waals surface area contributed by atoms with E-state index in [0.29, 0.717) is 41.7 Å². The highest BCUT2D eigenvalue weighted by molar-refractivity contribution is 6.09. The Bertz CT molecular complexity index is 1480. The van der Waals surface area contributed by atoms with E-state index < -0.39 is 11.7 Å². The van der Waals surface area contributed by atoms with E-state index >= 15 is 0 Å². The molecule has 0 radical (unpaired) electrons. The molecule has 0 spiro atoms. The number of para-hydroxylation sites is 1. The van der Waals surface area contributed by atoms with Crippen LogP contribution in [0.5, 0.6) is 17.2 Å². The Balaban J connectivity index is 1.46. The van der Waals surface area contributed by atoms with Crippen molar-refractivity contribution in [2.75, 3.05) is 11.9 Å². The molecule has 4 rings (SSSR count). The van der Waals surface area contributed by atoms with Gasteiger partial charge in [0.05, 0.1) is 6.61 Å². The Morgan fingerprint density at radius 2 is 1.51 bits per heavy atom. The number of nitriles is 1. The molecule has 196 valence electrons. The number of benzene rings is 4. The summed E-state index contributed by atoms with van der Waals surface area (Å²) in [4.78, 5) is 12.6. The Hall–Kier alpha value is -5.09. The van der Waals surface area contributed by atoms with Crippen LogP contribution in [0.15, 0.2) is 103 Å². The molecule has 0 aliphatic rings. The average molecular weight is 523 g/mol. The highest BCUT2D eigenvalue weighted by Gasteiger charge is 2.13. The van der Waals surface area contributed by atoms with Crippen LogP contribution < -0.4 is 19.5 Å². The second-order valence-electron chi connectivity index (χ2n) is 8.45. The van der Waals surface area contributed by atoms with Gasteiger partial charge in [-0.3, -0.25) is 4.79 Å². The third-order valence-electron chi connectivity index (χ3n) is 5.63. The van der Waals surface area contributed by atoms with Crippen molar-refractivity contribution in [3.05, 3.63) is 125 Å². The molecule has 0 fully saturated rings. The second kappa shape index (κ2) is 13.5. The topological polar surface area (TPSA) is 80.6 Å². The van der Waals surface area contributed by atoms with Gasteiger partial charge >= 0.3 is 0 Å². The molecule has 4 aromatic rings. The predicted octanol–water partition coefficient (Wildman–Crippen LogP) is 6.93. The van der Waals surface area contributed by atoms with Gasteiger partial charge < -0.3 is 19.5 Å². The Morgan fingerprint density at radius 1 is 0.821 bits per heavy atom. The molecule has 0 heterocycles. The molecule has 39 heavy (non-hydrogen) atoms. The molecule has 4 aromatic carbocycles. The fraction of sp³-hybridized carbons (Fsp3) is 0.125. The van der Waals surface area contributed by atoms with Crippen LogP contribution in [0.2, 0.25) is 0 Å². The zero-order valence-corrected chi connectivity index (χ0v) is 21.4. The highest BCUT2D eigenvalue weighted by Crippen LogP contribution is 2.30. The van der Waals surface area contributed by atoms with Gasteiger partial charge in [0.15, 0.2) is 11.5 Å². The molecule has 1 amide bonds. The van der Waals surface area contributed by atoms with Crippen molar-refractivity contribution < 1.29 is 23.4 Å². The van der Waals surface area contributed by atoms with Gasteiger partial charge in [-0.1, -0.05) is 54.6 Å². The lowest BCUT2D eigenvalue weighted by molar-refractivity contribution is -0.112. The maximum Gasteiger partial charge on any atom is 0.266 e. The molecule has 7 heteroatoms. The van der Waals surface area contributed by atoms with Crippen molar-refractivity contribution in [2.24, 2.45) is 0 Å². The molecule has 0 saturated heterocycles. The van der Waals surface area contributed by atoms with Gasteiger partial charge in [-0.25, -0.2) is 4.39 Å². The standard InChI is InChI=1S/C32H27FN2O4/c1-2-37-31-18-24(12-17-30(31)39-21-23-8-4-3-5-9-23)22-38-29-11-7-6-10-25(29)19-26(20-34)32(36)35-28-15-13-27(33)14-16-28/h3-19H,2,21-22H2,1H3,(H,35,36)/b26-19+. The maximum absolute atomic E-state index is 13.2. The van der Waals surface area contributed by atoms with Crippen LogP contribution in [-0.2, 0) is 18.0 Å². The van der Waals surface area contributed by atoms with Crippen LogP contribution in [-0.4, -0.2) is 12.5 Å². The quantitative estimate of drug-likeness (QED) is 0.171. The summed E-state index contributed by atoms with van der Waals surface area (Å²) in [6, 6.07) is 29.9. The number of hydrogen-bond donors (Lipinski definition) is 1. The fourth-order valence-corrected chi connectivity index (χ4v) is 3.69. The second-order valence-corrected chi connectivity index (χ2v) is 8.45. The van der Waals surface area contributed by atoms with Crippen LogP contribution in [0.1, 0.15) is 23.6 Å². The summed E-state index contributed by atoms with van der Waals surface area (Å²) in [7, 11) is 0. The number of halogens is 1. The normalized spacial score (nSPS) is 10.8. The number of anilines is 1. The van der Waals surface area contributed by atoms with E-state index in [0.717, 1.165) is 11.1 Å². The summed E-state index contributed by atoms with van der Waals surface area (Å²) in [5.41, 5.74) is 2.75. The van der Waals surface area contributed by atoms with Crippen LogP contribution >= 0.6 is 0 Å². The van der Waals surface area contributed by atoms with E-state index in [4.69, 9.17) is 14.2 Å². The first-order chi connectivity index (χ1) is 19.1. The highest BCUT2D eigenvalue weighted by atomic mass is 19.1. The van der Waals surface area contributed by atoms with Crippen LogP contribution in [0, 0.1) is 17.1 Å². The number of carbonyl (C=O) groups excluding carboxylic acids is 1. The van der Waals surface area contributed by atoms with Gasteiger partial charge in [0.2, 0.25) is 0 Å². The van der Waals surface area contributed by atoms with Crippen molar-refractivity contribution in [3.8, 4) is 23.3 Å². The average Bonchev–Trinajstić information content (AvgIpc) is 2.96. The fourth-order valence-electron chi connectivity index (χ4n) is 3.69. The number of nitrogens with zero attached hydrogens (tertiary/aromatic N) is 1. The number of hydrogen-bond acceptors (Lipinski definition) is 5. The minimum Gasteiger partial charge on any atom is -0.490 e. The van der Waals surface area contributed by atoms with Gasteiger partial charge in [0.1, 0.15) is 36.4 Å². The lowest BCUT2D eigenvalue weighted by Gasteiger charge is -2.15. The number of rotatable bonds is 11. The van der Waals surface area contributed by atoms with Crippen LogP contribution in [0.25, 0.3) is 6.08 Å². The summed E-state index contributed by atoms with van der Waals surface area (Å²) in [6.07, 6.45) is 1.46. The Kier molecular flexibility index (Phi) is 9.30. The van der Waals surface area contributed by atoms with E-state index in [9.17, 15) is 14.4 Å². The number of ether oxygens (including phenoxy) is 3. The molecule has 1 N–H and O–H groups in total. The lowest BCUT2D eigenvalue weighted by atomic mass is 10.1. The minimum atomic E-state index is -0.605. The zero-order valence-electron chi connectivity index (χ0n) is 21.4. The first-order valence-electron chi connectivity index (χ1n) is 12.4. The molecular weight excluding hydrogens is 495 g/mol. The third kappa shape index (κ3) is 7.70. The molecule has 0 bridgehead atoms. The monoisotopic (exact) mass is 522 g/mol. The number of nitrogens with one attached hydrogen (secondary N) is 1. The number of amides is 1. The first-order valence-corrected chi connectivity index (χ1v) is 12.4. The van der Waals surface area contributed by atoms with E-state index in [2.05, 4.69) is 5.32 Å². The van der Waals surface area contributed by atoms with Crippen LogP contribution in [0.3, 0.4) is 0 Å². The summed E-state index contributed by atoms with van der Waals surface area (Å²) < 4.78 is 31.0. The van der Waals surface area contributed by atoms with Crippen molar-refractivity contribution >= 4 is 17.7 Å². The summed E-state index contributed by atoms with van der Waals surface area (Å²) in [5, 5.41) is 12.2. The van der Waals surface area contributed by atoms with Gasteiger partial charge in [-0.15, -0.1) is 0 Å². The van der Waals surface area contributed by atoms with Crippen molar-refractivity contribution in [2.45, 2.75) is 20.1 Å². The van der Waals surface area contributed by atoms with Crippen molar-refractivity contribution in [1.29, 1.82) is 5.26 Å². The molecule has 0 aromatic heterocycles. The zero-order chi connectivity index (χ0) is 27.5. The number of carbonyl (C=O) groups is 1. The summed E-state index contributed by atoms with van der Waals surface area (Å²) in [6.45, 7) is 3.04. The summed E-state index contributed by atoms with van der Waals surface area (Å²) >= 11 is 0. The van der Waals surface area contributed by atoms with E-state index in [1.54, 1.807) is 18.2 Å². The molecular formula is C32H27FN2O4. The largest absolute Gasteiger partial charge is 0.490 e. The lowest BCUT2D eigenvalue weighted by Crippen LogP contribution is -2.13. The molecule has 0 saturated carbocycles. The van der Waals surface area contributed by atoms with E-state index in [-0.39, 0.29) is 12.2 Å². The molecule has 0 atom stereocenters. The Labute approximate surface area is 226 Å².